The van der Waals surface area contributed by atoms with Crippen LogP contribution in [0.25, 0.3) is 0 Å². The average Bonchev–Trinajstić information content (AvgIpc) is 2.98. The van der Waals surface area contributed by atoms with E-state index >= 15 is 0 Å². The fourth-order valence-electron chi connectivity index (χ4n) is 2.51. The standard InChI is InChI=1S/C19H19ClN4S/c1-13-5-3-8-18(14(13)2)23-19(25)22-17-10-21-24(12-17)11-15-6-4-7-16(20)9-15/h3-10,12H,11H2,1-2H3,(H2,22,23,25). The quantitative estimate of drug-likeness (QED) is 0.633. The number of thiocarbonyl (C=S) groups is 1. The molecular formula is C19H19ClN4S. The highest BCUT2D eigenvalue weighted by molar-refractivity contribution is 7.80. The van der Waals surface area contributed by atoms with Crippen LogP contribution in [-0.2, 0) is 6.54 Å². The SMILES string of the molecule is Cc1cccc(NC(=S)Nc2cnn(Cc3cccc(Cl)c3)c2)c1C. The van der Waals surface area contributed by atoms with Gasteiger partial charge in [-0.25, -0.2) is 0 Å². The van der Waals surface area contributed by atoms with Crippen molar-refractivity contribution in [2.75, 3.05) is 10.6 Å². The van der Waals surface area contributed by atoms with Gasteiger partial charge in [-0.05, 0) is 61.0 Å². The van der Waals surface area contributed by atoms with Crippen molar-refractivity contribution in [1.82, 2.24) is 9.78 Å². The van der Waals surface area contributed by atoms with Gasteiger partial charge in [-0.15, -0.1) is 0 Å². The van der Waals surface area contributed by atoms with Crippen LogP contribution in [0.5, 0.6) is 0 Å². The summed E-state index contributed by atoms with van der Waals surface area (Å²) in [6.07, 6.45) is 3.67. The molecule has 0 saturated carbocycles. The lowest BCUT2D eigenvalue weighted by molar-refractivity contribution is 0.687. The van der Waals surface area contributed by atoms with E-state index in [4.69, 9.17) is 23.8 Å². The first-order valence-corrected chi connectivity index (χ1v) is 8.71. The highest BCUT2D eigenvalue weighted by Crippen LogP contribution is 2.18. The van der Waals surface area contributed by atoms with Crippen LogP contribution >= 0.6 is 23.8 Å². The zero-order valence-electron chi connectivity index (χ0n) is 14.1. The Hall–Kier alpha value is -2.37. The lowest BCUT2D eigenvalue weighted by Gasteiger charge is -2.12. The van der Waals surface area contributed by atoms with Crippen molar-refractivity contribution >= 4 is 40.3 Å². The number of aromatic nitrogens is 2. The summed E-state index contributed by atoms with van der Waals surface area (Å²) in [4.78, 5) is 0. The topological polar surface area (TPSA) is 41.9 Å². The Labute approximate surface area is 157 Å². The van der Waals surface area contributed by atoms with Crippen molar-refractivity contribution in [3.8, 4) is 0 Å². The number of rotatable bonds is 4. The monoisotopic (exact) mass is 370 g/mol. The van der Waals surface area contributed by atoms with Crippen LogP contribution < -0.4 is 10.6 Å². The van der Waals surface area contributed by atoms with E-state index in [1.165, 1.54) is 11.1 Å². The second-order valence-electron chi connectivity index (χ2n) is 5.88. The number of anilines is 2. The normalized spacial score (nSPS) is 10.5. The van der Waals surface area contributed by atoms with Crippen LogP contribution in [0.15, 0.2) is 54.9 Å². The summed E-state index contributed by atoms with van der Waals surface area (Å²) >= 11 is 11.4. The maximum absolute atomic E-state index is 6.02. The van der Waals surface area contributed by atoms with Crippen molar-refractivity contribution < 1.29 is 0 Å². The van der Waals surface area contributed by atoms with Gasteiger partial charge in [0.1, 0.15) is 0 Å². The van der Waals surface area contributed by atoms with E-state index in [0.717, 1.165) is 22.0 Å². The largest absolute Gasteiger partial charge is 0.332 e. The Morgan fingerprint density at radius 2 is 1.96 bits per heavy atom. The van der Waals surface area contributed by atoms with Crippen LogP contribution in [0.4, 0.5) is 11.4 Å². The van der Waals surface area contributed by atoms with Crippen molar-refractivity contribution in [3.05, 3.63) is 76.6 Å². The van der Waals surface area contributed by atoms with Crippen molar-refractivity contribution in [3.63, 3.8) is 0 Å². The third-order valence-electron chi connectivity index (χ3n) is 3.98. The molecule has 0 spiro atoms. The minimum Gasteiger partial charge on any atom is -0.332 e. The number of benzene rings is 2. The van der Waals surface area contributed by atoms with Crippen LogP contribution in [0.1, 0.15) is 16.7 Å². The fraction of sp³-hybridized carbons (Fsp3) is 0.158. The number of hydrogen-bond donors (Lipinski definition) is 2. The third-order valence-corrected chi connectivity index (χ3v) is 4.42. The number of nitrogens with zero attached hydrogens (tertiary/aromatic N) is 2. The van der Waals surface area contributed by atoms with Crippen LogP contribution in [0.2, 0.25) is 5.02 Å². The first-order valence-electron chi connectivity index (χ1n) is 7.92. The smallest absolute Gasteiger partial charge is 0.175 e. The van der Waals surface area contributed by atoms with Gasteiger partial charge >= 0.3 is 0 Å². The second-order valence-corrected chi connectivity index (χ2v) is 6.73. The van der Waals surface area contributed by atoms with Gasteiger partial charge in [0.25, 0.3) is 0 Å². The Morgan fingerprint density at radius 3 is 2.76 bits per heavy atom. The lowest BCUT2D eigenvalue weighted by Crippen LogP contribution is -2.19. The molecule has 0 saturated heterocycles. The van der Waals surface area contributed by atoms with Gasteiger partial charge in [-0.1, -0.05) is 35.9 Å². The van der Waals surface area contributed by atoms with Gasteiger partial charge in [-0.3, -0.25) is 4.68 Å². The Bertz CT molecular complexity index is 904. The highest BCUT2D eigenvalue weighted by Gasteiger charge is 2.05. The minimum atomic E-state index is 0.538. The third kappa shape index (κ3) is 4.59. The molecule has 6 heteroatoms. The summed E-state index contributed by atoms with van der Waals surface area (Å²) in [5.74, 6) is 0. The van der Waals surface area contributed by atoms with Crippen molar-refractivity contribution in [2.24, 2.45) is 0 Å². The van der Waals surface area contributed by atoms with Crippen LogP contribution in [0.3, 0.4) is 0 Å². The molecule has 0 fully saturated rings. The number of aryl methyl sites for hydroxylation is 1. The first kappa shape index (κ1) is 17.5. The molecule has 0 atom stereocenters. The molecule has 3 aromatic rings. The Kier molecular flexibility index (Phi) is 5.36. The van der Waals surface area contributed by atoms with E-state index in [1.807, 2.05) is 47.3 Å². The summed E-state index contributed by atoms with van der Waals surface area (Å²) < 4.78 is 1.84. The summed E-state index contributed by atoms with van der Waals surface area (Å²) in [6.45, 7) is 4.81. The predicted octanol–water partition coefficient (Wildman–Crippen LogP) is 5.01. The zero-order chi connectivity index (χ0) is 17.8. The lowest BCUT2D eigenvalue weighted by atomic mass is 10.1. The molecular weight excluding hydrogens is 352 g/mol. The van der Waals surface area contributed by atoms with Crippen molar-refractivity contribution in [2.45, 2.75) is 20.4 Å². The Balaban J connectivity index is 1.63. The molecule has 0 aliphatic carbocycles. The minimum absolute atomic E-state index is 0.538. The molecule has 0 unspecified atom stereocenters. The summed E-state index contributed by atoms with van der Waals surface area (Å²) in [5, 5.41) is 12.0. The molecule has 2 aromatic carbocycles. The highest BCUT2D eigenvalue weighted by atomic mass is 35.5. The predicted molar refractivity (Wildman–Crippen MR) is 109 cm³/mol. The maximum atomic E-state index is 6.02. The van der Waals surface area contributed by atoms with E-state index in [1.54, 1.807) is 6.20 Å². The fourth-order valence-corrected chi connectivity index (χ4v) is 2.95. The van der Waals surface area contributed by atoms with Gasteiger partial charge in [0, 0.05) is 16.9 Å². The van der Waals surface area contributed by atoms with Crippen LogP contribution in [0, 0.1) is 13.8 Å². The summed E-state index contributed by atoms with van der Waals surface area (Å²) in [5.41, 5.74) is 5.34. The molecule has 1 aromatic heterocycles. The molecule has 0 aliphatic rings. The summed E-state index contributed by atoms with van der Waals surface area (Å²) in [6, 6.07) is 13.9. The van der Waals surface area contributed by atoms with Crippen molar-refractivity contribution in [1.29, 1.82) is 0 Å². The van der Waals surface area contributed by atoms with E-state index in [-0.39, 0.29) is 0 Å². The molecule has 128 valence electrons. The van der Waals surface area contributed by atoms with Gasteiger partial charge in [0.15, 0.2) is 5.11 Å². The van der Waals surface area contributed by atoms with Crippen LogP contribution in [-0.4, -0.2) is 14.9 Å². The first-order chi connectivity index (χ1) is 12.0. The molecule has 0 radical (unpaired) electrons. The van der Waals surface area contributed by atoms with Gasteiger partial charge in [0.05, 0.1) is 18.4 Å². The second kappa shape index (κ2) is 7.68. The van der Waals surface area contributed by atoms with E-state index in [2.05, 4.69) is 35.6 Å². The van der Waals surface area contributed by atoms with Gasteiger partial charge in [0.2, 0.25) is 0 Å². The van der Waals surface area contributed by atoms with E-state index < -0.39 is 0 Å². The molecule has 1 heterocycles. The maximum Gasteiger partial charge on any atom is 0.175 e. The molecule has 2 N–H and O–H groups in total. The van der Waals surface area contributed by atoms with E-state index in [9.17, 15) is 0 Å². The molecule has 4 nitrogen and oxygen atoms in total. The molecule has 25 heavy (non-hydrogen) atoms. The number of halogens is 1. The Morgan fingerprint density at radius 1 is 1.16 bits per heavy atom. The molecule has 3 rings (SSSR count). The van der Waals surface area contributed by atoms with Gasteiger partial charge < -0.3 is 10.6 Å². The molecule has 0 aliphatic heterocycles. The van der Waals surface area contributed by atoms with E-state index in [0.29, 0.717) is 11.7 Å². The molecule has 0 amide bonds. The average molecular weight is 371 g/mol. The number of hydrogen-bond acceptors (Lipinski definition) is 2. The molecule has 0 bridgehead atoms. The number of nitrogens with one attached hydrogen (secondary N) is 2. The summed E-state index contributed by atoms with van der Waals surface area (Å²) in [7, 11) is 0. The van der Waals surface area contributed by atoms with Gasteiger partial charge in [-0.2, -0.15) is 5.10 Å². The zero-order valence-corrected chi connectivity index (χ0v) is 15.7.